The van der Waals surface area contributed by atoms with E-state index < -0.39 is 0 Å². The van der Waals surface area contributed by atoms with Gasteiger partial charge < -0.3 is 10.2 Å². The number of carbonyl (C=O) groups is 1. The molecule has 0 saturated carbocycles. The molecule has 1 aromatic carbocycles. The predicted molar refractivity (Wildman–Crippen MR) is 83.2 cm³/mol. The van der Waals surface area contributed by atoms with Gasteiger partial charge in [0.1, 0.15) is 5.82 Å². The quantitative estimate of drug-likeness (QED) is 0.925. The molecule has 0 spiro atoms. The molecule has 1 saturated heterocycles. The molecule has 0 unspecified atom stereocenters. The van der Waals surface area contributed by atoms with Crippen molar-refractivity contribution in [1.82, 2.24) is 10.2 Å². The Morgan fingerprint density at radius 1 is 1.29 bits per heavy atom. The van der Waals surface area contributed by atoms with Gasteiger partial charge in [0.15, 0.2) is 0 Å². The molecule has 1 aromatic rings. The molecule has 0 aliphatic carbocycles. The lowest BCUT2D eigenvalue weighted by Crippen LogP contribution is -2.32. The second-order valence-corrected chi connectivity index (χ2v) is 5.70. The van der Waals surface area contributed by atoms with E-state index in [1.54, 1.807) is 11.0 Å². The van der Waals surface area contributed by atoms with Crippen LogP contribution in [0.1, 0.15) is 54.1 Å². The molecule has 2 rings (SSSR count). The summed E-state index contributed by atoms with van der Waals surface area (Å²) in [6.07, 6.45) is 2.06. The summed E-state index contributed by atoms with van der Waals surface area (Å²) in [4.78, 5) is 14.1. The maximum absolute atomic E-state index is 14.5. The van der Waals surface area contributed by atoms with Crippen molar-refractivity contribution in [3.05, 3.63) is 34.6 Å². The monoisotopic (exact) mass is 292 g/mol. The number of nitrogens with zero attached hydrogens (tertiary/aromatic N) is 1. The number of carbonyl (C=O) groups excluding carboxylic acids is 1. The smallest absolute Gasteiger partial charge is 0.257 e. The van der Waals surface area contributed by atoms with Crippen molar-refractivity contribution in [3.8, 4) is 0 Å². The molecule has 1 fully saturated rings. The zero-order valence-corrected chi connectivity index (χ0v) is 13.2. The summed E-state index contributed by atoms with van der Waals surface area (Å²) in [5, 5.41) is 3.32. The van der Waals surface area contributed by atoms with Crippen molar-refractivity contribution in [3.63, 3.8) is 0 Å². The first-order valence-corrected chi connectivity index (χ1v) is 7.88. The van der Waals surface area contributed by atoms with Gasteiger partial charge in [-0.05, 0) is 69.8 Å². The van der Waals surface area contributed by atoms with Crippen LogP contribution in [0.5, 0.6) is 0 Å². The second-order valence-electron chi connectivity index (χ2n) is 5.70. The fraction of sp³-hybridized carbons (Fsp3) is 0.588. The van der Waals surface area contributed by atoms with Gasteiger partial charge >= 0.3 is 0 Å². The average Bonchev–Trinajstić information content (AvgIpc) is 2.48. The largest absolute Gasteiger partial charge is 0.339 e. The molecule has 1 aliphatic heterocycles. The fourth-order valence-corrected chi connectivity index (χ4v) is 3.10. The van der Waals surface area contributed by atoms with E-state index in [2.05, 4.69) is 5.32 Å². The van der Waals surface area contributed by atoms with Gasteiger partial charge in [-0.3, -0.25) is 4.79 Å². The summed E-state index contributed by atoms with van der Waals surface area (Å²) < 4.78 is 14.5. The van der Waals surface area contributed by atoms with Crippen LogP contribution in [-0.2, 0) is 0 Å². The third kappa shape index (κ3) is 3.43. The van der Waals surface area contributed by atoms with E-state index in [4.69, 9.17) is 0 Å². The minimum Gasteiger partial charge on any atom is -0.339 e. The zero-order valence-electron chi connectivity index (χ0n) is 13.2. The van der Waals surface area contributed by atoms with Crippen LogP contribution in [0.25, 0.3) is 0 Å². The molecule has 1 N–H and O–H groups in total. The number of halogens is 1. The van der Waals surface area contributed by atoms with Crippen LogP contribution in [0.15, 0.2) is 12.1 Å². The number of amides is 1. The van der Waals surface area contributed by atoms with E-state index >= 15 is 0 Å². The molecule has 116 valence electrons. The molecule has 0 bridgehead atoms. The van der Waals surface area contributed by atoms with Gasteiger partial charge in [0, 0.05) is 13.1 Å². The zero-order chi connectivity index (χ0) is 15.4. The predicted octanol–water partition coefficient (Wildman–Crippen LogP) is 3.08. The van der Waals surface area contributed by atoms with Crippen LogP contribution in [0, 0.1) is 12.7 Å². The van der Waals surface area contributed by atoms with E-state index in [9.17, 15) is 9.18 Å². The normalized spacial score (nSPS) is 16.0. The maximum atomic E-state index is 14.5. The van der Waals surface area contributed by atoms with Gasteiger partial charge in [0.05, 0.1) is 5.56 Å². The highest BCUT2D eigenvalue weighted by Gasteiger charge is 2.23. The Labute approximate surface area is 126 Å². The summed E-state index contributed by atoms with van der Waals surface area (Å²) in [5.74, 6) is -0.177. The molecule has 0 atom stereocenters. The molecule has 1 aliphatic rings. The van der Waals surface area contributed by atoms with Gasteiger partial charge in [0.2, 0.25) is 0 Å². The molecule has 1 amide bonds. The maximum Gasteiger partial charge on any atom is 0.257 e. The van der Waals surface area contributed by atoms with Gasteiger partial charge in [0.25, 0.3) is 5.91 Å². The Bertz CT molecular complexity index is 483. The summed E-state index contributed by atoms with van der Waals surface area (Å²) in [6.45, 7) is 8.83. The Kier molecular flexibility index (Phi) is 5.34. The first-order valence-electron chi connectivity index (χ1n) is 7.88. The minimum atomic E-state index is -0.375. The van der Waals surface area contributed by atoms with Crippen LogP contribution in [-0.4, -0.2) is 37.0 Å². The first kappa shape index (κ1) is 16.0. The SMILES string of the molecule is CCN(CC)C(=O)c1c(C)cc(C2CCNCC2)cc1F. The lowest BCUT2D eigenvalue weighted by Gasteiger charge is -2.25. The highest BCUT2D eigenvalue weighted by Crippen LogP contribution is 2.28. The Balaban J connectivity index is 2.30. The van der Waals surface area contributed by atoms with E-state index in [0.29, 0.717) is 19.0 Å². The first-order chi connectivity index (χ1) is 10.1. The van der Waals surface area contributed by atoms with Crippen LogP contribution in [0.2, 0.25) is 0 Å². The number of rotatable bonds is 4. The Morgan fingerprint density at radius 3 is 2.43 bits per heavy atom. The van der Waals surface area contributed by atoms with Crippen molar-refractivity contribution in [2.24, 2.45) is 0 Å². The van der Waals surface area contributed by atoms with Crippen LogP contribution in [0.3, 0.4) is 0 Å². The lowest BCUT2D eigenvalue weighted by molar-refractivity contribution is 0.0767. The molecule has 21 heavy (non-hydrogen) atoms. The number of hydrogen-bond donors (Lipinski definition) is 1. The molecular formula is C17H25FN2O. The molecule has 1 heterocycles. The van der Waals surface area contributed by atoms with E-state index in [-0.39, 0.29) is 17.3 Å². The Morgan fingerprint density at radius 2 is 1.90 bits per heavy atom. The van der Waals surface area contributed by atoms with E-state index in [0.717, 1.165) is 37.1 Å². The molecule has 0 radical (unpaired) electrons. The Hall–Kier alpha value is -1.42. The van der Waals surface area contributed by atoms with Crippen molar-refractivity contribution in [2.45, 2.75) is 39.5 Å². The summed E-state index contributed by atoms with van der Waals surface area (Å²) in [7, 11) is 0. The molecular weight excluding hydrogens is 267 g/mol. The molecule has 4 heteroatoms. The molecule has 0 aromatic heterocycles. The number of piperidine rings is 1. The second kappa shape index (κ2) is 7.03. The van der Waals surface area contributed by atoms with Gasteiger partial charge in [-0.1, -0.05) is 6.07 Å². The lowest BCUT2D eigenvalue weighted by atomic mass is 9.88. The highest BCUT2D eigenvalue weighted by atomic mass is 19.1. The fourth-order valence-electron chi connectivity index (χ4n) is 3.10. The van der Waals surface area contributed by atoms with Crippen molar-refractivity contribution in [2.75, 3.05) is 26.2 Å². The van der Waals surface area contributed by atoms with E-state index in [1.807, 2.05) is 26.8 Å². The van der Waals surface area contributed by atoms with E-state index in [1.165, 1.54) is 0 Å². The summed E-state index contributed by atoms with van der Waals surface area (Å²) in [6, 6.07) is 3.56. The topological polar surface area (TPSA) is 32.3 Å². The number of aryl methyl sites for hydroxylation is 1. The summed E-state index contributed by atoms with van der Waals surface area (Å²) >= 11 is 0. The van der Waals surface area contributed by atoms with Crippen molar-refractivity contribution in [1.29, 1.82) is 0 Å². The van der Waals surface area contributed by atoms with Crippen LogP contribution in [0.4, 0.5) is 4.39 Å². The van der Waals surface area contributed by atoms with Gasteiger partial charge in [-0.25, -0.2) is 4.39 Å². The third-order valence-corrected chi connectivity index (χ3v) is 4.38. The van der Waals surface area contributed by atoms with Crippen LogP contribution >= 0.6 is 0 Å². The van der Waals surface area contributed by atoms with Gasteiger partial charge in [-0.15, -0.1) is 0 Å². The average molecular weight is 292 g/mol. The van der Waals surface area contributed by atoms with Crippen molar-refractivity contribution < 1.29 is 9.18 Å². The summed E-state index contributed by atoms with van der Waals surface area (Å²) in [5.41, 5.74) is 2.01. The molecule has 3 nitrogen and oxygen atoms in total. The highest BCUT2D eigenvalue weighted by molar-refractivity contribution is 5.96. The number of hydrogen-bond acceptors (Lipinski definition) is 2. The number of nitrogens with one attached hydrogen (secondary N) is 1. The number of benzene rings is 1. The standard InChI is InChI=1S/C17H25FN2O/c1-4-20(5-2)17(21)16-12(3)10-14(11-15(16)18)13-6-8-19-9-7-13/h10-11,13,19H,4-9H2,1-3H3. The minimum absolute atomic E-state index is 0.202. The van der Waals surface area contributed by atoms with Crippen LogP contribution < -0.4 is 5.32 Å². The van der Waals surface area contributed by atoms with Crippen molar-refractivity contribution >= 4 is 5.91 Å². The third-order valence-electron chi connectivity index (χ3n) is 4.38. The van der Waals surface area contributed by atoms with Gasteiger partial charge in [-0.2, -0.15) is 0 Å².